The van der Waals surface area contributed by atoms with E-state index in [0.29, 0.717) is 34.9 Å². The van der Waals surface area contributed by atoms with Crippen LogP contribution < -0.4 is 10.1 Å². The number of hydrogen-bond acceptors (Lipinski definition) is 4. The van der Waals surface area contributed by atoms with Crippen LogP contribution in [-0.2, 0) is 6.54 Å². The molecule has 4 nitrogen and oxygen atoms in total. The van der Waals surface area contributed by atoms with Gasteiger partial charge in [0.25, 0.3) is 5.91 Å². The van der Waals surface area contributed by atoms with Crippen molar-refractivity contribution in [3.05, 3.63) is 87.6 Å². The van der Waals surface area contributed by atoms with Crippen molar-refractivity contribution in [2.45, 2.75) is 13.5 Å². The number of thiophene rings is 1. The summed E-state index contributed by atoms with van der Waals surface area (Å²) in [6.07, 6.45) is 0. The lowest BCUT2D eigenvalue weighted by Gasteiger charge is -2.09. The Balaban J connectivity index is 1.65. The average Bonchev–Trinajstić information content (AvgIpc) is 3.16. The van der Waals surface area contributed by atoms with Crippen molar-refractivity contribution in [3.63, 3.8) is 0 Å². The van der Waals surface area contributed by atoms with Gasteiger partial charge in [-0.05, 0) is 31.2 Å². The number of benzene rings is 2. The van der Waals surface area contributed by atoms with E-state index in [1.807, 2.05) is 37.3 Å². The van der Waals surface area contributed by atoms with Crippen molar-refractivity contribution in [1.82, 2.24) is 5.32 Å². The highest BCUT2D eigenvalue weighted by Crippen LogP contribution is 2.21. The highest BCUT2D eigenvalue weighted by molar-refractivity contribution is 7.14. The van der Waals surface area contributed by atoms with Gasteiger partial charge < -0.3 is 10.1 Å². The number of amides is 1. The topological polar surface area (TPSA) is 55.4 Å². The molecule has 0 spiro atoms. The molecule has 0 bridgehead atoms. The SMILES string of the molecule is CCOc1ccccc1C(=O)NCc1ccc(C(=O)c2ccccc2)s1. The highest BCUT2D eigenvalue weighted by Gasteiger charge is 2.14. The van der Waals surface area contributed by atoms with Gasteiger partial charge in [0.2, 0.25) is 5.78 Å². The van der Waals surface area contributed by atoms with Gasteiger partial charge in [-0.2, -0.15) is 0 Å². The summed E-state index contributed by atoms with van der Waals surface area (Å²) in [5.41, 5.74) is 1.17. The van der Waals surface area contributed by atoms with Crippen LogP contribution in [0, 0.1) is 0 Å². The van der Waals surface area contributed by atoms with Crippen LogP contribution in [0.3, 0.4) is 0 Å². The van der Waals surface area contributed by atoms with E-state index in [1.54, 1.807) is 36.4 Å². The molecule has 0 aliphatic rings. The van der Waals surface area contributed by atoms with Crippen LogP contribution in [0.1, 0.15) is 37.4 Å². The zero-order chi connectivity index (χ0) is 18.4. The molecule has 26 heavy (non-hydrogen) atoms. The summed E-state index contributed by atoms with van der Waals surface area (Å²) in [6.45, 7) is 2.75. The van der Waals surface area contributed by atoms with E-state index in [1.165, 1.54) is 11.3 Å². The highest BCUT2D eigenvalue weighted by atomic mass is 32.1. The zero-order valence-electron chi connectivity index (χ0n) is 14.4. The molecule has 0 saturated heterocycles. The summed E-state index contributed by atoms with van der Waals surface area (Å²) >= 11 is 1.39. The minimum Gasteiger partial charge on any atom is -0.493 e. The summed E-state index contributed by atoms with van der Waals surface area (Å²) in [6, 6.07) is 20.0. The molecule has 0 unspecified atom stereocenters. The minimum atomic E-state index is -0.196. The van der Waals surface area contributed by atoms with Gasteiger partial charge in [0.15, 0.2) is 0 Å². The Bertz CT molecular complexity index is 902. The molecule has 3 aromatic rings. The van der Waals surface area contributed by atoms with Crippen LogP contribution >= 0.6 is 11.3 Å². The average molecular weight is 365 g/mol. The van der Waals surface area contributed by atoms with Gasteiger partial charge in [0, 0.05) is 10.4 Å². The molecule has 5 heteroatoms. The van der Waals surface area contributed by atoms with Crippen LogP contribution in [0.15, 0.2) is 66.7 Å². The number of ether oxygens (including phenoxy) is 1. The number of hydrogen-bond donors (Lipinski definition) is 1. The van der Waals surface area contributed by atoms with E-state index < -0.39 is 0 Å². The van der Waals surface area contributed by atoms with E-state index in [2.05, 4.69) is 5.32 Å². The van der Waals surface area contributed by atoms with Gasteiger partial charge in [-0.15, -0.1) is 11.3 Å². The molecule has 132 valence electrons. The van der Waals surface area contributed by atoms with Gasteiger partial charge in [0.05, 0.1) is 23.6 Å². The van der Waals surface area contributed by atoms with Gasteiger partial charge in [0.1, 0.15) is 5.75 Å². The first-order valence-electron chi connectivity index (χ1n) is 8.37. The molecule has 1 heterocycles. The molecule has 1 aromatic heterocycles. The van der Waals surface area contributed by atoms with E-state index in [9.17, 15) is 9.59 Å². The molecule has 2 aromatic carbocycles. The summed E-state index contributed by atoms with van der Waals surface area (Å²) in [4.78, 5) is 26.4. The molecular weight excluding hydrogens is 346 g/mol. The first kappa shape index (κ1) is 17.9. The lowest BCUT2D eigenvalue weighted by atomic mass is 10.1. The fraction of sp³-hybridized carbons (Fsp3) is 0.143. The molecule has 3 rings (SSSR count). The Morgan fingerprint density at radius 3 is 2.46 bits per heavy atom. The van der Waals surface area contributed by atoms with Crippen LogP contribution in [0.2, 0.25) is 0 Å². The van der Waals surface area contributed by atoms with Crippen molar-refractivity contribution in [2.75, 3.05) is 6.61 Å². The second-order valence-electron chi connectivity index (χ2n) is 5.57. The quantitative estimate of drug-likeness (QED) is 0.635. The number of carbonyl (C=O) groups excluding carboxylic acids is 2. The standard InChI is InChI=1S/C21H19NO3S/c1-2-25-18-11-7-6-10-17(18)21(24)22-14-16-12-13-19(26-16)20(23)15-8-4-3-5-9-15/h3-13H,2,14H2,1H3,(H,22,24). The summed E-state index contributed by atoms with van der Waals surface area (Å²) in [5.74, 6) is 0.367. The van der Waals surface area contributed by atoms with Gasteiger partial charge >= 0.3 is 0 Å². The molecule has 0 radical (unpaired) electrons. The molecule has 0 aliphatic carbocycles. The Labute approximate surface area is 156 Å². The van der Waals surface area contributed by atoms with Crippen LogP contribution in [-0.4, -0.2) is 18.3 Å². The molecule has 1 amide bonds. The minimum absolute atomic E-state index is 0.00475. The second-order valence-corrected chi connectivity index (χ2v) is 6.74. The Hall–Kier alpha value is -2.92. The number of para-hydroxylation sites is 1. The van der Waals surface area contributed by atoms with Crippen molar-refractivity contribution < 1.29 is 14.3 Å². The second kappa shape index (κ2) is 8.45. The predicted molar refractivity (Wildman–Crippen MR) is 103 cm³/mol. The predicted octanol–water partition coefficient (Wildman–Crippen LogP) is 4.31. The van der Waals surface area contributed by atoms with E-state index in [0.717, 1.165) is 4.88 Å². The monoisotopic (exact) mass is 365 g/mol. The normalized spacial score (nSPS) is 10.3. The zero-order valence-corrected chi connectivity index (χ0v) is 15.2. The first-order chi connectivity index (χ1) is 12.7. The number of nitrogens with one attached hydrogen (secondary N) is 1. The lowest BCUT2D eigenvalue weighted by molar-refractivity contribution is 0.0947. The van der Waals surface area contributed by atoms with Gasteiger partial charge in [-0.3, -0.25) is 9.59 Å². The maximum absolute atomic E-state index is 12.4. The maximum Gasteiger partial charge on any atom is 0.255 e. The van der Waals surface area contributed by atoms with Crippen molar-refractivity contribution in [2.24, 2.45) is 0 Å². The van der Waals surface area contributed by atoms with Crippen molar-refractivity contribution >= 4 is 23.0 Å². The Kier molecular flexibility index (Phi) is 5.81. The van der Waals surface area contributed by atoms with E-state index >= 15 is 0 Å². The van der Waals surface area contributed by atoms with Gasteiger partial charge in [-0.25, -0.2) is 0 Å². The van der Waals surface area contributed by atoms with E-state index in [-0.39, 0.29) is 11.7 Å². The Morgan fingerprint density at radius 1 is 0.962 bits per heavy atom. The molecule has 0 fully saturated rings. The number of rotatable bonds is 7. The van der Waals surface area contributed by atoms with Crippen molar-refractivity contribution in [1.29, 1.82) is 0 Å². The van der Waals surface area contributed by atoms with Gasteiger partial charge in [-0.1, -0.05) is 42.5 Å². The molecule has 0 aliphatic heterocycles. The summed E-state index contributed by atoms with van der Waals surface area (Å²) < 4.78 is 5.49. The van der Waals surface area contributed by atoms with Crippen LogP contribution in [0.25, 0.3) is 0 Å². The summed E-state index contributed by atoms with van der Waals surface area (Å²) in [5, 5.41) is 2.89. The van der Waals surface area contributed by atoms with Crippen molar-refractivity contribution in [3.8, 4) is 5.75 Å². The number of carbonyl (C=O) groups is 2. The fourth-order valence-electron chi connectivity index (χ4n) is 2.52. The third-order valence-corrected chi connectivity index (χ3v) is 4.86. The molecular formula is C21H19NO3S. The molecule has 0 atom stereocenters. The van der Waals surface area contributed by atoms with Crippen LogP contribution in [0.4, 0.5) is 0 Å². The summed E-state index contributed by atoms with van der Waals surface area (Å²) in [7, 11) is 0. The molecule has 1 N–H and O–H groups in total. The third kappa shape index (κ3) is 4.18. The maximum atomic E-state index is 12.4. The third-order valence-electron chi connectivity index (χ3n) is 3.78. The molecule has 0 saturated carbocycles. The first-order valence-corrected chi connectivity index (χ1v) is 9.19. The smallest absolute Gasteiger partial charge is 0.255 e. The van der Waals surface area contributed by atoms with E-state index in [4.69, 9.17) is 4.74 Å². The number of ketones is 1. The lowest BCUT2D eigenvalue weighted by Crippen LogP contribution is -2.23. The largest absolute Gasteiger partial charge is 0.493 e. The Morgan fingerprint density at radius 2 is 1.69 bits per heavy atom. The fourth-order valence-corrected chi connectivity index (χ4v) is 3.43. The van der Waals surface area contributed by atoms with Crippen LogP contribution in [0.5, 0.6) is 5.75 Å².